The number of hydrogen-bond acceptors (Lipinski definition) is 4. The van der Waals surface area contributed by atoms with E-state index in [1.165, 1.54) is 0 Å². The van der Waals surface area contributed by atoms with Crippen LogP contribution in [0.2, 0.25) is 0 Å². The predicted octanol–water partition coefficient (Wildman–Crippen LogP) is 1.90. The molecule has 1 rings (SSSR count). The molecule has 18 heavy (non-hydrogen) atoms. The van der Waals surface area contributed by atoms with Crippen molar-refractivity contribution in [1.82, 2.24) is 0 Å². The standard InChI is InChI=1S/C14H17O4/c1-3-11-6-5-7-12(13(11)10-15)14(16)18-9-8-17-4-2/h5-7H,3-4,8-9H2,1-2H3. The maximum atomic E-state index is 11.8. The van der Waals surface area contributed by atoms with Gasteiger partial charge in [-0.25, -0.2) is 4.79 Å². The minimum Gasteiger partial charge on any atom is -0.460 e. The van der Waals surface area contributed by atoms with Crippen LogP contribution >= 0.6 is 0 Å². The number of aryl methyl sites for hydroxylation is 1. The SMILES string of the molecule is CCOCCOC(=O)c1cccc(CC)c1[C]=O. The normalized spacial score (nSPS) is 10.1. The van der Waals surface area contributed by atoms with Crippen molar-refractivity contribution in [3.8, 4) is 0 Å². The molecule has 0 heterocycles. The third-order valence-electron chi connectivity index (χ3n) is 2.52. The molecule has 0 saturated carbocycles. The van der Waals surface area contributed by atoms with Gasteiger partial charge in [0.25, 0.3) is 0 Å². The minimum atomic E-state index is -0.511. The molecule has 1 aromatic rings. The number of esters is 1. The van der Waals surface area contributed by atoms with Gasteiger partial charge in [-0.2, -0.15) is 0 Å². The molecule has 4 heteroatoms. The monoisotopic (exact) mass is 249 g/mol. The largest absolute Gasteiger partial charge is 0.460 e. The average molecular weight is 249 g/mol. The Morgan fingerprint density at radius 1 is 1.28 bits per heavy atom. The minimum absolute atomic E-state index is 0.182. The highest BCUT2D eigenvalue weighted by Crippen LogP contribution is 2.14. The number of carbonyl (C=O) groups excluding carboxylic acids is 2. The Kier molecular flexibility index (Phi) is 6.08. The number of benzene rings is 1. The summed E-state index contributed by atoms with van der Waals surface area (Å²) in [6, 6.07) is 5.11. The van der Waals surface area contributed by atoms with Gasteiger partial charge in [0.15, 0.2) is 0 Å². The molecule has 0 amide bonds. The molecular weight excluding hydrogens is 232 g/mol. The lowest BCUT2D eigenvalue weighted by Crippen LogP contribution is -2.13. The molecule has 0 spiro atoms. The van der Waals surface area contributed by atoms with E-state index in [9.17, 15) is 9.59 Å². The van der Waals surface area contributed by atoms with Crippen molar-refractivity contribution in [1.29, 1.82) is 0 Å². The summed E-state index contributed by atoms with van der Waals surface area (Å²) in [7, 11) is 0. The van der Waals surface area contributed by atoms with Gasteiger partial charge in [0.2, 0.25) is 6.29 Å². The molecule has 0 fully saturated rings. The second-order valence-corrected chi connectivity index (χ2v) is 3.63. The maximum absolute atomic E-state index is 11.8. The Hall–Kier alpha value is -1.68. The molecule has 0 atom stereocenters. The molecule has 1 radical (unpaired) electrons. The van der Waals surface area contributed by atoms with E-state index in [0.29, 0.717) is 25.2 Å². The smallest absolute Gasteiger partial charge is 0.338 e. The summed E-state index contributed by atoms with van der Waals surface area (Å²) in [6.45, 7) is 4.90. The highest BCUT2D eigenvalue weighted by Gasteiger charge is 2.15. The van der Waals surface area contributed by atoms with Crippen LogP contribution in [-0.2, 0) is 20.7 Å². The lowest BCUT2D eigenvalue weighted by atomic mass is 10.0. The van der Waals surface area contributed by atoms with E-state index in [2.05, 4.69) is 0 Å². The highest BCUT2D eigenvalue weighted by molar-refractivity contribution is 5.99. The lowest BCUT2D eigenvalue weighted by molar-refractivity contribution is 0.0335. The number of rotatable bonds is 7. The van der Waals surface area contributed by atoms with E-state index in [1.54, 1.807) is 18.2 Å². The van der Waals surface area contributed by atoms with E-state index in [-0.39, 0.29) is 12.2 Å². The first-order valence-corrected chi connectivity index (χ1v) is 5.99. The number of carbonyl (C=O) groups is 1. The summed E-state index contributed by atoms with van der Waals surface area (Å²) in [5, 5.41) is 0. The van der Waals surface area contributed by atoms with E-state index in [4.69, 9.17) is 9.47 Å². The Labute approximate surface area is 107 Å². The summed E-state index contributed by atoms with van der Waals surface area (Å²) < 4.78 is 10.1. The molecule has 0 aliphatic carbocycles. The van der Waals surface area contributed by atoms with E-state index < -0.39 is 5.97 Å². The van der Waals surface area contributed by atoms with Crippen molar-refractivity contribution in [2.45, 2.75) is 20.3 Å². The fourth-order valence-electron chi connectivity index (χ4n) is 1.60. The maximum Gasteiger partial charge on any atom is 0.338 e. The van der Waals surface area contributed by atoms with Gasteiger partial charge in [0.1, 0.15) is 6.61 Å². The fraction of sp³-hybridized carbons (Fsp3) is 0.429. The molecule has 0 unspecified atom stereocenters. The molecule has 97 valence electrons. The topological polar surface area (TPSA) is 52.6 Å². The summed E-state index contributed by atoms with van der Waals surface area (Å²) in [4.78, 5) is 22.7. The first-order valence-electron chi connectivity index (χ1n) is 5.99. The third kappa shape index (κ3) is 3.67. The van der Waals surface area contributed by atoms with Gasteiger partial charge >= 0.3 is 5.97 Å². The van der Waals surface area contributed by atoms with Crippen molar-refractivity contribution in [2.75, 3.05) is 19.8 Å². The zero-order valence-electron chi connectivity index (χ0n) is 10.7. The van der Waals surface area contributed by atoms with Gasteiger partial charge in [-0.15, -0.1) is 0 Å². The first kappa shape index (κ1) is 14.4. The number of ether oxygens (including phenoxy) is 2. The Morgan fingerprint density at radius 2 is 2.06 bits per heavy atom. The van der Waals surface area contributed by atoms with Crippen molar-refractivity contribution in [2.24, 2.45) is 0 Å². The van der Waals surface area contributed by atoms with Crippen LogP contribution in [0.5, 0.6) is 0 Å². The van der Waals surface area contributed by atoms with Gasteiger partial charge in [-0.3, -0.25) is 4.79 Å². The van der Waals surface area contributed by atoms with Crippen LogP contribution in [0, 0.1) is 0 Å². The summed E-state index contributed by atoms with van der Waals surface area (Å²) in [5.41, 5.74) is 1.35. The van der Waals surface area contributed by atoms with Gasteiger partial charge in [0.05, 0.1) is 12.2 Å². The van der Waals surface area contributed by atoms with Crippen molar-refractivity contribution >= 4 is 12.3 Å². The van der Waals surface area contributed by atoms with Gasteiger partial charge in [-0.1, -0.05) is 19.1 Å². The molecule has 0 saturated heterocycles. The summed E-state index contributed by atoms with van der Waals surface area (Å²) >= 11 is 0. The summed E-state index contributed by atoms with van der Waals surface area (Å²) in [6.07, 6.45) is 2.49. The molecule has 0 bridgehead atoms. The van der Waals surface area contributed by atoms with Crippen LogP contribution in [0.4, 0.5) is 0 Å². The second-order valence-electron chi connectivity index (χ2n) is 3.63. The third-order valence-corrected chi connectivity index (χ3v) is 2.52. The van der Waals surface area contributed by atoms with Crippen LogP contribution in [0.1, 0.15) is 35.3 Å². The van der Waals surface area contributed by atoms with Gasteiger partial charge < -0.3 is 9.47 Å². The predicted molar refractivity (Wildman–Crippen MR) is 67.4 cm³/mol. The molecule has 0 N–H and O–H groups in total. The van der Waals surface area contributed by atoms with Crippen molar-refractivity contribution in [3.05, 3.63) is 34.9 Å². The molecule has 0 aliphatic rings. The summed E-state index contributed by atoms with van der Waals surface area (Å²) in [5.74, 6) is -0.511. The van der Waals surface area contributed by atoms with E-state index in [1.807, 2.05) is 20.1 Å². The van der Waals surface area contributed by atoms with Crippen LogP contribution in [0.15, 0.2) is 18.2 Å². The Morgan fingerprint density at radius 3 is 2.67 bits per heavy atom. The van der Waals surface area contributed by atoms with Gasteiger partial charge in [0, 0.05) is 12.2 Å². The van der Waals surface area contributed by atoms with Gasteiger partial charge in [-0.05, 0) is 25.0 Å². The zero-order valence-corrected chi connectivity index (χ0v) is 10.7. The highest BCUT2D eigenvalue weighted by atomic mass is 16.6. The zero-order chi connectivity index (χ0) is 13.4. The Bertz CT molecular complexity index is 412. The van der Waals surface area contributed by atoms with Crippen LogP contribution < -0.4 is 0 Å². The number of hydrogen-bond donors (Lipinski definition) is 0. The average Bonchev–Trinajstić information content (AvgIpc) is 2.42. The van der Waals surface area contributed by atoms with Crippen LogP contribution in [-0.4, -0.2) is 32.1 Å². The molecule has 4 nitrogen and oxygen atoms in total. The molecule has 0 aromatic heterocycles. The second kappa shape index (κ2) is 7.61. The first-order chi connectivity index (χ1) is 8.74. The molecule has 1 aromatic carbocycles. The van der Waals surface area contributed by atoms with E-state index in [0.717, 1.165) is 5.56 Å². The molecule has 0 aliphatic heterocycles. The van der Waals surface area contributed by atoms with Crippen molar-refractivity contribution in [3.63, 3.8) is 0 Å². The van der Waals surface area contributed by atoms with Crippen LogP contribution in [0.25, 0.3) is 0 Å². The van der Waals surface area contributed by atoms with E-state index >= 15 is 0 Å². The van der Waals surface area contributed by atoms with Crippen molar-refractivity contribution < 1.29 is 19.1 Å². The fourth-order valence-corrected chi connectivity index (χ4v) is 1.60. The quantitative estimate of drug-likeness (QED) is 0.547. The van der Waals surface area contributed by atoms with Crippen LogP contribution in [0.3, 0.4) is 0 Å². The Balaban J connectivity index is 2.76. The lowest BCUT2D eigenvalue weighted by Gasteiger charge is -2.08. The molecular formula is C14H17O4.